The van der Waals surface area contributed by atoms with E-state index in [1.54, 1.807) is 30.8 Å². The van der Waals surface area contributed by atoms with Gasteiger partial charge >= 0.3 is 0 Å². The summed E-state index contributed by atoms with van der Waals surface area (Å²) in [7, 11) is 1.77. The van der Waals surface area contributed by atoms with Crippen molar-refractivity contribution in [1.29, 1.82) is 0 Å². The van der Waals surface area contributed by atoms with Gasteiger partial charge in [-0.3, -0.25) is 9.48 Å². The van der Waals surface area contributed by atoms with Crippen molar-refractivity contribution in [2.75, 3.05) is 6.54 Å². The van der Waals surface area contributed by atoms with Gasteiger partial charge in [-0.2, -0.15) is 5.10 Å². The monoisotopic (exact) mass is 439 g/mol. The van der Waals surface area contributed by atoms with Gasteiger partial charge < -0.3 is 5.73 Å². The Morgan fingerprint density at radius 1 is 1.36 bits per heavy atom. The van der Waals surface area contributed by atoms with E-state index < -0.39 is 0 Å². The molecule has 3 rings (SSSR count). The second-order valence-corrected chi connectivity index (χ2v) is 8.84. The van der Waals surface area contributed by atoms with Crippen LogP contribution in [0.5, 0.6) is 0 Å². The smallest absolute Gasteiger partial charge is 0.173 e. The van der Waals surface area contributed by atoms with E-state index in [9.17, 15) is 9.18 Å². The second kappa shape index (κ2) is 8.74. The Kier molecular flexibility index (Phi) is 6.55. The molecule has 0 spiro atoms. The number of carbonyl (C=O) groups excluding carboxylic acids is 1. The molecule has 2 heterocycles. The molecular formula is C20H20Cl2FN3OS. The number of benzene rings is 1. The minimum Gasteiger partial charge on any atom is -0.330 e. The molecule has 4 nitrogen and oxygen atoms in total. The fourth-order valence-corrected chi connectivity index (χ4v) is 4.57. The zero-order chi connectivity index (χ0) is 20.4. The molecule has 0 bridgehead atoms. The summed E-state index contributed by atoms with van der Waals surface area (Å²) in [4.78, 5) is 13.3. The SMILES string of the molecule is Cc1ccc(C[C@@H](CN)CC(=O)c2cc(-c3c(Cl)cnn3C)c(Cl)s2)cc1F. The molecule has 3 aromatic rings. The lowest BCUT2D eigenvalue weighted by Crippen LogP contribution is -2.20. The molecule has 0 aliphatic heterocycles. The van der Waals surface area contributed by atoms with Crippen molar-refractivity contribution in [2.24, 2.45) is 18.7 Å². The van der Waals surface area contributed by atoms with Crippen LogP contribution in [0.25, 0.3) is 11.3 Å². The summed E-state index contributed by atoms with van der Waals surface area (Å²) in [5.74, 6) is -0.374. The zero-order valence-corrected chi connectivity index (χ0v) is 17.8. The molecule has 2 aromatic heterocycles. The van der Waals surface area contributed by atoms with Gasteiger partial charge in [-0.25, -0.2) is 4.39 Å². The van der Waals surface area contributed by atoms with Gasteiger partial charge in [0.25, 0.3) is 0 Å². The van der Waals surface area contributed by atoms with Crippen LogP contribution in [0.15, 0.2) is 30.5 Å². The van der Waals surface area contributed by atoms with Gasteiger partial charge in [0, 0.05) is 19.0 Å². The third-order valence-corrected chi connectivity index (χ3v) is 6.36. The maximum atomic E-state index is 13.8. The van der Waals surface area contributed by atoms with E-state index in [0.29, 0.717) is 44.0 Å². The number of thiophene rings is 1. The van der Waals surface area contributed by atoms with Gasteiger partial charge in [-0.1, -0.05) is 35.3 Å². The predicted octanol–water partition coefficient (Wildman–Crippen LogP) is 5.29. The molecule has 0 aliphatic rings. The number of rotatable bonds is 7. The lowest BCUT2D eigenvalue weighted by atomic mass is 9.93. The molecule has 0 fully saturated rings. The van der Waals surface area contributed by atoms with Crippen molar-refractivity contribution in [3.8, 4) is 11.3 Å². The average Bonchev–Trinajstić information content (AvgIpc) is 3.19. The molecule has 0 saturated heterocycles. The highest BCUT2D eigenvalue weighted by Crippen LogP contribution is 2.39. The summed E-state index contributed by atoms with van der Waals surface area (Å²) in [5, 5.41) is 4.58. The standard InChI is InChI=1S/C20H20Cl2FN3OS/c1-11-3-4-12(6-16(11)23)5-13(9-24)7-17(27)18-8-14(20(22)28-18)19-15(21)10-25-26(19)2/h3-4,6,8,10,13H,5,7,9,24H2,1-2H3/t13-/m1/s1. The summed E-state index contributed by atoms with van der Waals surface area (Å²) in [6.45, 7) is 2.05. The molecule has 1 atom stereocenters. The fraction of sp³-hybridized carbons (Fsp3) is 0.300. The summed E-state index contributed by atoms with van der Waals surface area (Å²) in [6, 6.07) is 6.86. The molecule has 0 unspecified atom stereocenters. The van der Waals surface area contributed by atoms with Crippen LogP contribution >= 0.6 is 34.5 Å². The quantitative estimate of drug-likeness (QED) is 0.508. The first-order chi connectivity index (χ1) is 13.3. The Morgan fingerprint density at radius 2 is 2.11 bits per heavy atom. The zero-order valence-electron chi connectivity index (χ0n) is 15.5. The highest BCUT2D eigenvalue weighted by atomic mass is 35.5. The van der Waals surface area contributed by atoms with Crippen molar-refractivity contribution in [3.05, 3.63) is 61.6 Å². The lowest BCUT2D eigenvalue weighted by molar-refractivity contribution is 0.0966. The molecular weight excluding hydrogens is 420 g/mol. The van der Waals surface area contributed by atoms with Gasteiger partial charge in [0.05, 0.1) is 21.8 Å². The van der Waals surface area contributed by atoms with Gasteiger partial charge in [-0.15, -0.1) is 11.3 Å². The third kappa shape index (κ3) is 4.46. The maximum Gasteiger partial charge on any atom is 0.173 e. The Labute approximate surface area is 177 Å². The Hall–Kier alpha value is -1.73. The number of aryl methyl sites for hydroxylation is 2. The molecule has 0 saturated carbocycles. The maximum absolute atomic E-state index is 13.8. The van der Waals surface area contributed by atoms with E-state index in [1.807, 2.05) is 6.07 Å². The highest BCUT2D eigenvalue weighted by Gasteiger charge is 2.21. The molecule has 148 valence electrons. The first-order valence-corrected chi connectivity index (χ1v) is 10.3. The molecule has 0 aliphatic carbocycles. The van der Waals surface area contributed by atoms with Crippen molar-refractivity contribution >= 4 is 40.3 Å². The van der Waals surface area contributed by atoms with Gasteiger partial charge in [0.15, 0.2) is 5.78 Å². The van der Waals surface area contributed by atoms with Crippen LogP contribution in [-0.4, -0.2) is 22.1 Å². The third-order valence-electron chi connectivity index (χ3n) is 4.68. The molecule has 28 heavy (non-hydrogen) atoms. The van der Waals surface area contributed by atoms with Gasteiger partial charge in [0.2, 0.25) is 0 Å². The fourth-order valence-electron chi connectivity index (χ4n) is 3.08. The number of hydrogen-bond acceptors (Lipinski definition) is 4. The number of hydrogen-bond donors (Lipinski definition) is 1. The number of carbonyl (C=O) groups is 1. The number of ketones is 1. The van der Waals surface area contributed by atoms with E-state index >= 15 is 0 Å². The summed E-state index contributed by atoms with van der Waals surface area (Å²) >= 11 is 13.8. The van der Waals surface area contributed by atoms with E-state index in [1.165, 1.54) is 23.6 Å². The minimum absolute atomic E-state index is 0.0422. The van der Waals surface area contributed by atoms with Crippen LogP contribution in [0.1, 0.15) is 27.2 Å². The van der Waals surface area contributed by atoms with E-state index in [0.717, 1.165) is 5.56 Å². The minimum atomic E-state index is -0.248. The largest absolute Gasteiger partial charge is 0.330 e. The van der Waals surface area contributed by atoms with Crippen molar-refractivity contribution in [3.63, 3.8) is 0 Å². The van der Waals surface area contributed by atoms with Crippen LogP contribution in [0.3, 0.4) is 0 Å². The molecule has 1 aromatic carbocycles. The normalized spacial score (nSPS) is 12.4. The number of nitrogens with two attached hydrogens (primary N) is 1. The highest BCUT2D eigenvalue weighted by molar-refractivity contribution is 7.18. The van der Waals surface area contributed by atoms with Crippen molar-refractivity contribution in [1.82, 2.24) is 9.78 Å². The van der Waals surface area contributed by atoms with E-state index in [4.69, 9.17) is 28.9 Å². The Bertz CT molecular complexity index is 996. The average molecular weight is 440 g/mol. The predicted molar refractivity (Wildman–Crippen MR) is 113 cm³/mol. The van der Waals surface area contributed by atoms with E-state index in [-0.39, 0.29) is 23.9 Å². The van der Waals surface area contributed by atoms with Crippen LogP contribution < -0.4 is 5.73 Å². The lowest BCUT2D eigenvalue weighted by Gasteiger charge is -2.14. The van der Waals surface area contributed by atoms with Crippen LogP contribution in [-0.2, 0) is 13.5 Å². The number of halogens is 3. The van der Waals surface area contributed by atoms with Crippen LogP contribution in [0.4, 0.5) is 4.39 Å². The van der Waals surface area contributed by atoms with Gasteiger partial charge in [0.1, 0.15) is 10.2 Å². The molecule has 0 radical (unpaired) electrons. The number of Topliss-reactive ketones (excluding diaryl/α,β-unsaturated/α-hetero) is 1. The second-order valence-electron chi connectivity index (χ2n) is 6.78. The first kappa shape index (κ1) is 21.0. The first-order valence-electron chi connectivity index (χ1n) is 8.75. The summed E-state index contributed by atoms with van der Waals surface area (Å²) < 4.78 is 15.9. The van der Waals surface area contributed by atoms with Gasteiger partial charge in [-0.05, 0) is 49.1 Å². The number of aromatic nitrogens is 2. The molecule has 0 amide bonds. The Balaban J connectivity index is 1.76. The molecule has 8 heteroatoms. The summed E-state index contributed by atoms with van der Waals surface area (Å²) in [5.41, 5.74) is 8.66. The molecule has 2 N–H and O–H groups in total. The summed E-state index contributed by atoms with van der Waals surface area (Å²) in [6.07, 6.45) is 2.35. The topological polar surface area (TPSA) is 60.9 Å². The number of nitrogens with zero attached hydrogens (tertiary/aromatic N) is 2. The Morgan fingerprint density at radius 3 is 2.71 bits per heavy atom. The van der Waals surface area contributed by atoms with Crippen molar-refractivity contribution < 1.29 is 9.18 Å². The van der Waals surface area contributed by atoms with Crippen LogP contribution in [0, 0.1) is 18.7 Å². The van der Waals surface area contributed by atoms with Crippen molar-refractivity contribution in [2.45, 2.75) is 19.8 Å². The van der Waals surface area contributed by atoms with Crippen LogP contribution in [0.2, 0.25) is 9.36 Å². The van der Waals surface area contributed by atoms with E-state index in [2.05, 4.69) is 5.10 Å².